The first kappa shape index (κ1) is 20.6. The Morgan fingerprint density at radius 2 is 1.34 bits per heavy atom. The Morgan fingerprint density at radius 3 is 1.83 bits per heavy atom. The van der Waals surface area contributed by atoms with Gasteiger partial charge in [0.15, 0.2) is 0 Å². The highest BCUT2D eigenvalue weighted by atomic mass is 16.2. The molecule has 0 aliphatic heterocycles. The number of anilines is 2. The summed E-state index contributed by atoms with van der Waals surface area (Å²) < 4.78 is 0. The van der Waals surface area contributed by atoms with Crippen LogP contribution in [-0.4, -0.2) is 11.8 Å². The molecule has 150 valence electrons. The number of carbonyl (C=O) groups excluding carboxylic acids is 2. The van der Waals surface area contributed by atoms with E-state index in [9.17, 15) is 9.59 Å². The molecule has 2 N–H and O–H groups in total. The van der Waals surface area contributed by atoms with Gasteiger partial charge in [-0.2, -0.15) is 5.26 Å². The number of hydrogen-bond donors (Lipinski definition) is 2. The first-order valence-corrected chi connectivity index (χ1v) is 10.1. The van der Waals surface area contributed by atoms with Crippen molar-refractivity contribution in [1.29, 1.82) is 5.26 Å². The van der Waals surface area contributed by atoms with E-state index in [1.807, 2.05) is 13.8 Å². The minimum atomic E-state index is -0.0856. The monoisotopic (exact) mass is 389 g/mol. The second kappa shape index (κ2) is 8.91. The van der Waals surface area contributed by atoms with Crippen molar-refractivity contribution in [2.45, 2.75) is 46.5 Å². The van der Waals surface area contributed by atoms with Crippen LogP contribution in [0.3, 0.4) is 0 Å². The van der Waals surface area contributed by atoms with E-state index in [1.165, 1.54) is 5.56 Å². The van der Waals surface area contributed by atoms with Crippen LogP contribution in [0.5, 0.6) is 0 Å². The first-order valence-electron chi connectivity index (χ1n) is 10.1. The summed E-state index contributed by atoms with van der Waals surface area (Å²) >= 11 is 0. The SMILES string of the molecule is Cc1cc(C)c(NC(=O)C2CCC(C(=O)Nc3ccc(C#N)cc3)CC2)c(C)c1. The molecule has 2 aromatic carbocycles. The summed E-state index contributed by atoms with van der Waals surface area (Å²) in [6.07, 6.45) is 2.82. The van der Waals surface area contributed by atoms with Crippen molar-refractivity contribution in [2.24, 2.45) is 11.8 Å². The molecular weight excluding hydrogens is 362 g/mol. The number of amides is 2. The second-order valence-electron chi connectivity index (χ2n) is 7.99. The fourth-order valence-corrected chi connectivity index (χ4v) is 4.09. The van der Waals surface area contributed by atoms with Crippen LogP contribution in [0, 0.1) is 43.9 Å². The van der Waals surface area contributed by atoms with E-state index < -0.39 is 0 Å². The molecule has 0 heterocycles. The molecule has 1 saturated carbocycles. The molecule has 2 amide bonds. The van der Waals surface area contributed by atoms with E-state index in [0.29, 0.717) is 36.9 Å². The van der Waals surface area contributed by atoms with Crippen LogP contribution in [0.1, 0.15) is 47.9 Å². The fourth-order valence-electron chi connectivity index (χ4n) is 4.09. The lowest BCUT2D eigenvalue weighted by Crippen LogP contribution is -2.32. The molecule has 0 aromatic heterocycles. The molecule has 5 heteroatoms. The highest BCUT2D eigenvalue weighted by Crippen LogP contribution is 2.31. The fraction of sp³-hybridized carbons (Fsp3) is 0.375. The van der Waals surface area contributed by atoms with Crippen LogP contribution in [0.25, 0.3) is 0 Å². The van der Waals surface area contributed by atoms with Gasteiger partial charge in [-0.05, 0) is 81.8 Å². The van der Waals surface area contributed by atoms with Gasteiger partial charge in [-0.1, -0.05) is 17.7 Å². The molecule has 5 nitrogen and oxygen atoms in total. The van der Waals surface area contributed by atoms with Gasteiger partial charge in [0.2, 0.25) is 11.8 Å². The van der Waals surface area contributed by atoms with Crippen molar-refractivity contribution in [3.8, 4) is 6.07 Å². The third-order valence-corrected chi connectivity index (χ3v) is 5.68. The van der Waals surface area contributed by atoms with Crippen LogP contribution < -0.4 is 10.6 Å². The summed E-state index contributed by atoms with van der Waals surface area (Å²) in [7, 11) is 0. The Labute approximate surface area is 172 Å². The highest BCUT2D eigenvalue weighted by molar-refractivity contribution is 5.95. The molecule has 0 saturated heterocycles. The minimum absolute atomic E-state index is 0.0150. The topological polar surface area (TPSA) is 82.0 Å². The first-order chi connectivity index (χ1) is 13.9. The zero-order valence-electron chi connectivity index (χ0n) is 17.2. The zero-order chi connectivity index (χ0) is 21.0. The molecule has 0 bridgehead atoms. The molecule has 0 unspecified atom stereocenters. The summed E-state index contributed by atoms with van der Waals surface area (Å²) in [6.45, 7) is 6.08. The second-order valence-corrected chi connectivity index (χ2v) is 7.99. The number of nitrogens with zero attached hydrogens (tertiary/aromatic N) is 1. The Morgan fingerprint density at radius 1 is 0.862 bits per heavy atom. The number of carbonyl (C=O) groups is 2. The van der Waals surface area contributed by atoms with Crippen molar-refractivity contribution in [3.63, 3.8) is 0 Å². The molecule has 0 radical (unpaired) electrons. The summed E-state index contributed by atoms with van der Waals surface area (Å²) in [5.41, 5.74) is 5.50. The number of benzene rings is 2. The molecule has 29 heavy (non-hydrogen) atoms. The lowest BCUT2D eigenvalue weighted by Gasteiger charge is -2.27. The number of nitriles is 1. The van der Waals surface area contributed by atoms with Gasteiger partial charge in [0, 0.05) is 23.2 Å². The average Bonchev–Trinajstić information content (AvgIpc) is 2.71. The van der Waals surface area contributed by atoms with Gasteiger partial charge in [0.25, 0.3) is 0 Å². The van der Waals surface area contributed by atoms with Crippen LogP contribution in [-0.2, 0) is 9.59 Å². The van der Waals surface area contributed by atoms with Gasteiger partial charge in [0.05, 0.1) is 11.6 Å². The molecule has 2 aromatic rings. The Bertz CT molecular complexity index is 926. The van der Waals surface area contributed by atoms with Crippen LogP contribution >= 0.6 is 0 Å². The lowest BCUT2D eigenvalue weighted by molar-refractivity contribution is -0.125. The van der Waals surface area contributed by atoms with Gasteiger partial charge in [-0.25, -0.2) is 0 Å². The highest BCUT2D eigenvalue weighted by Gasteiger charge is 2.30. The van der Waals surface area contributed by atoms with Gasteiger partial charge in [-0.3, -0.25) is 9.59 Å². The minimum Gasteiger partial charge on any atom is -0.326 e. The molecule has 1 aliphatic carbocycles. The third kappa shape index (κ3) is 5.03. The number of aryl methyl sites for hydroxylation is 3. The van der Waals surface area contributed by atoms with E-state index in [0.717, 1.165) is 16.8 Å². The molecule has 1 fully saturated rings. The third-order valence-electron chi connectivity index (χ3n) is 5.68. The van der Waals surface area contributed by atoms with E-state index in [4.69, 9.17) is 5.26 Å². The summed E-state index contributed by atoms with van der Waals surface area (Å²) in [4.78, 5) is 25.3. The van der Waals surface area contributed by atoms with Gasteiger partial charge in [-0.15, -0.1) is 0 Å². The van der Waals surface area contributed by atoms with Crippen molar-refractivity contribution in [2.75, 3.05) is 10.6 Å². The van der Waals surface area contributed by atoms with E-state index in [1.54, 1.807) is 24.3 Å². The van der Waals surface area contributed by atoms with Crippen LogP contribution in [0.4, 0.5) is 11.4 Å². The number of nitrogens with one attached hydrogen (secondary N) is 2. The number of hydrogen-bond acceptors (Lipinski definition) is 3. The standard InChI is InChI=1S/C24H27N3O2/c1-15-12-16(2)22(17(3)13-15)27-24(29)20-8-6-19(7-9-20)23(28)26-21-10-4-18(14-25)5-11-21/h4-5,10-13,19-20H,6-9H2,1-3H3,(H,26,28)(H,27,29). The maximum Gasteiger partial charge on any atom is 0.227 e. The average molecular weight is 389 g/mol. The van der Waals surface area contributed by atoms with Crippen LogP contribution in [0.2, 0.25) is 0 Å². The van der Waals surface area contributed by atoms with Crippen LogP contribution in [0.15, 0.2) is 36.4 Å². The van der Waals surface area contributed by atoms with Crippen molar-refractivity contribution in [3.05, 3.63) is 58.7 Å². The maximum absolute atomic E-state index is 12.7. The molecule has 0 atom stereocenters. The molecule has 1 aliphatic rings. The van der Waals surface area contributed by atoms with Gasteiger partial charge in [0.1, 0.15) is 0 Å². The maximum atomic E-state index is 12.7. The van der Waals surface area contributed by atoms with Crippen molar-refractivity contribution >= 4 is 23.2 Å². The Hall–Kier alpha value is -3.13. The van der Waals surface area contributed by atoms with Gasteiger partial charge >= 0.3 is 0 Å². The normalized spacial score (nSPS) is 18.6. The molecule has 3 rings (SSSR count). The van der Waals surface area contributed by atoms with Crippen molar-refractivity contribution < 1.29 is 9.59 Å². The smallest absolute Gasteiger partial charge is 0.227 e. The molecule has 0 spiro atoms. The van der Waals surface area contributed by atoms with E-state index in [-0.39, 0.29) is 23.7 Å². The summed E-state index contributed by atoms with van der Waals surface area (Å²) in [6, 6.07) is 13.1. The Kier molecular flexibility index (Phi) is 6.33. The van der Waals surface area contributed by atoms with Crippen molar-refractivity contribution in [1.82, 2.24) is 0 Å². The quantitative estimate of drug-likeness (QED) is 0.783. The Balaban J connectivity index is 1.53. The van der Waals surface area contributed by atoms with E-state index in [2.05, 4.69) is 35.8 Å². The molecular formula is C24H27N3O2. The summed E-state index contributed by atoms with van der Waals surface area (Å²) in [5, 5.41) is 14.9. The lowest BCUT2D eigenvalue weighted by atomic mass is 9.81. The predicted octanol–water partition coefficient (Wildman–Crippen LogP) is 4.87. The largest absolute Gasteiger partial charge is 0.326 e. The summed E-state index contributed by atoms with van der Waals surface area (Å²) in [5.74, 6) is -0.114. The number of rotatable bonds is 4. The predicted molar refractivity (Wildman–Crippen MR) is 115 cm³/mol. The zero-order valence-corrected chi connectivity index (χ0v) is 17.2. The van der Waals surface area contributed by atoms with Gasteiger partial charge < -0.3 is 10.6 Å². The van der Waals surface area contributed by atoms with E-state index >= 15 is 0 Å².